The Morgan fingerprint density at radius 2 is 2.12 bits per heavy atom. The second-order valence-corrected chi connectivity index (χ2v) is 8.65. The van der Waals surface area contributed by atoms with Gasteiger partial charge in [-0.05, 0) is 49.8 Å². The van der Waals surface area contributed by atoms with Crippen LogP contribution in [-0.2, 0) is 20.0 Å². The molecule has 4 heterocycles. The van der Waals surface area contributed by atoms with Crippen molar-refractivity contribution in [1.29, 1.82) is 0 Å². The number of aliphatic hydroxyl groups excluding tert-OH is 1. The molecule has 2 N–H and O–H groups in total. The number of anilines is 2. The van der Waals surface area contributed by atoms with Crippen molar-refractivity contribution in [2.45, 2.75) is 51.6 Å². The number of fused-ring (bicyclic) bond motifs is 2. The standard InChI is InChI=1S/C24H31N7O/c1-3-18-15-27-31-22(25-14-17-7-8-21-20(12-17)26-16-29(21)2)13-23(28-24(18)31)30-10-5-4-6-19(30)9-11-32/h7-8,12-13,15-16,19,25,32H,3-6,9-11,14H2,1-2H3/t19-/m0/s1. The molecule has 8 heteroatoms. The third-order valence-corrected chi connectivity index (χ3v) is 6.56. The van der Waals surface area contributed by atoms with E-state index in [0.29, 0.717) is 12.6 Å². The van der Waals surface area contributed by atoms with E-state index >= 15 is 0 Å². The molecule has 0 unspecified atom stereocenters. The Morgan fingerprint density at radius 1 is 1.22 bits per heavy atom. The highest BCUT2D eigenvalue weighted by molar-refractivity contribution is 5.76. The van der Waals surface area contributed by atoms with Gasteiger partial charge in [-0.3, -0.25) is 0 Å². The summed E-state index contributed by atoms with van der Waals surface area (Å²) in [7, 11) is 2.01. The number of benzene rings is 1. The van der Waals surface area contributed by atoms with Gasteiger partial charge in [0, 0.05) is 44.4 Å². The number of imidazole rings is 1. The summed E-state index contributed by atoms with van der Waals surface area (Å²) in [5, 5.41) is 17.8. The van der Waals surface area contributed by atoms with Crippen molar-refractivity contribution in [1.82, 2.24) is 24.1 Å². The average molecular weight is 434 g/mol. The minimum absolute atomic E-state index is 0.206. The number of piperidine rings is 1. The molecule has 0 bridgehead atoms. The van der Waals surface area contributed by atoms with Crippen LogP contribution >= 0.6 is 0 Å². The van der Waals surface area contributed by atoms with Gasteiger partial charge < -0.3 is 19.9 Å². The number of nitrogens with one attached hydrogen (secondary N) is 1. The Bertz CT molecular complexity index is 1230. The van der Waals surface area contributed by atoms with Crippen molar-refractivity contribution in [3.63, 3.8) is 0 Å². The molecule has 5 rings (SSSR count). The molecule has 8 nitrogen and oxygen atoms in total. The Kier molecular flexibility index (Phi) is 5.70. The zero-order chi connectivity index (χ0) is 22.1. The Balaban J connectivity index is 1.48. The maximum absolute atomic E-state index is 9.57. The maximum atomic E-state index is 9.57. The van der Waals surface area contributed by atoms with Crippen LogP contribution in [0.2, 0.25) is 0 Å². The van der Waals surface area contributed by atoms with Crippen LogP contribution < -0.4 is 10.2 Å². The van der Waals surface area contributed by atoms with Gasteiger partial charge in [-0.25, -0.2) is 9.97 Å². The van der Waals surface area contributed by atoms with Crippen molar-refractivity contribution in [2.24, 2.45) is 7.05 Å². The van der Waals surface area contributed by atoms with E-state index in [4.69, 9.17) is 4.98 Å². The molecule has 32 heavy (non-hydrogen) atoms. The fraction of sp³-hybridized carbons (Fsp3) is 0.458. The van der Waals surface area contributed by atoms with E-state index in [1.165, 1.54) is 12.0 Å². The first kappa shape index (κ1) is 20.8. The molecule has 1 aromatic carbocycles. The largest absolute Gasteiger partial charge is 0.396 e. The lowest BCUT2D eigenvalue weighted by Crippen LogP contribution is -2.40. The van der Waals surface area contributed by atoms with Crippen LogP contribution in [-0.4, -0.2) is 48.4 Å². The van der Waals surface area contributed by atoms with Gasteiger partial charge in [0.15, 0.2) is 5.65 Å². The number of aryl methyl sites for hydroxylation is 2. The van der Waals surface area contributed by atoms with Gasteiger partial charge in [-0.1, -0.05) is 13.0 Å². The number of hydrogen-bond acceptors (Lipinski definition) is 6. The van der Waals surface area contributed by atoms with E-state index in [-0.39, 0.29) is 6.61 Å². The van der Waals surface area contributed by atoms with Gasteiger partial charge in [0.1, 0.15) is 11.6 Å². The summed E-state index contributed by atoms with van der Waals surface area (Å²) < 4.78 is 3.94. The molecule has 3 aromatic heterocycles. The predicted octanol–water partition coefficient (Wildman–Crippen LogP) is 3.53. The van der Waals surface area contributed by atoms with Crippen molar-refractivity contribution >= 4 is 28.3 Å². The molecule has 4 aromatic rings. The van der Waals surface area contributed by atoms with Crippen molar-refractivity contribution < 1.29 is 5.11 Å². The summed E-state index contributed by atoms with van der Waals surface area (Å²) >= 11 is 0. The monoisotopic (exact) mass is 433 g/mol. The van der Waals surface area contributed by atoms with E-state index in [1.807, 2.05) is 28.7 Å². The van der Waals surface area contributed by atoms with Crippen LogP contribution in [0.15, 0.2) is 36.8 Å². The number of rotatable bonds is 7. The Morgan fingerprint density at radius 3 is 2.97 bits per heavy atom. The predicted molar refractivity (Wildman–Crippen MR) is 127 cm³/mol. The Labute approximate surface area is 187 Å². The van der Waals surface area contributed by atoms with Crippen molar-refractivity contribution in [3.8, 4) is 0 Å². The van der Waals surface area contributed by atoms with E-state index < -0.39 is 0 Å². The van der Waals surface area contributed by atoms with E-state index in [9.17, 15) is 5.11 Å². The fourth-order valence-electron chi connectivity index (χ4n) is 4.75. The summed E-state index contributed by atoms with van der Waals surface area (Å²) in [6.45, 7) is 3.99. The third-order valence-electron chi connectivity index (χ3n) is 6.56. The Hall–Kier alpha value is -3.13. The molecule has 0 radical (unpaired) electrons. The quantitative estimate of drug-likeness (QED) is 0.464. The number of aliphatic hydroxyl groups is 1. The lowest BCUT2D eigenvalue weighted by molar-refractivity contribution is 0.262. The van der Waals surface area contributed by atoms with Gasteiger partial charge in [0.25, 0.3) is 0 Å². The molecule has 168 valence electrons. The van der Waals surface area contributed by atoms with Gasteiger partial charge in [-0.15, -0.1) is 0 Å². The summed E-state index contributed by atoms with van der Waals surface area (Å²) in [4.78, 5) is 11.9. The third kappa shape index (κ3) is 3.79. The highest BCUT2D eigenvalue weighted by Crippen LogP contribution is 2.29. The molecule has 1 atom stereocenters. The molecule has 0 spiro atoms. The number of hydrogen-bond donors (Lipinski definition) is 2. The van der Waals surface area contributed by atoms with E-state index in [1.54, 1.807) is 0 Å². The average Bonchev–Trinajstić information content (AvgIpc) is 3.41. The van der Waals surface area contributed by atoms with Crippen LogP contribution in [0.25, 0.3) is 16.7 Å². The molecule has 1 aliphatic rings. The second kappa shape index (κ2) is 8.78. The molecule has 1 fully saturated rings. The summed E-state index contributed by atoms with van der Waals surface area (Å²) in [6, 6.07) is 8.82. The van der Waals surface area contributed by atoms with Gasteiger partial charge >= 0.3 is 0 Å². The molecule has 0 aliphatic carbocycles. The first-order valence-electron chi connectivity index (χ1n) is 11.6. The zero-order valence-electron chi connectivity index (χ0n) is 18.8. The zero-order valence-corrected chi connectivity index (χ0v) is 18.8. The summed E-state index contributed by atoms with van der Waals surface area (Å²) in [6.07, 6.45) is 8.88. The molecular formula is C24H31N7O. The lowest BCUT2D eigenvalue weighted by atomic mass is 9.99. The smallest absolute Gasteiger partial charge is 0.162 e. The first-order valence-corrected chi connectivity index (χ1v) is 11.6. The summed E-state index contributed by atoms with van der Waals surface area (Å²) in [5.74, 6) is 1.90. The number of nitrogens with zero attached hydrogens (tertiary/aromatic N) is 6. The van der Waals surface area contributed by atoms with Crippen molar-refractivity contribution in [2.75, 3.05) is 23.4 Å². The van der Waals surface area contributed by atoms with Gasteiger partial charge in [0.05, 0.1) is 23.6 Å². The summed E-state index contributed by atoms with van der Waals surface area (Å²) in [5.41, 5.74) is 5.34. The first-order chi connectivity index (χ1) is 15.7. The van der Waals surface area contributed by atoms with Crippen LogP contribution in [0.5, 0.6) is 0 Å². The molecule has 1 saturated heterocycles. The van der Waals surface area contributed by atoms with Gasteiger partial charge in [-0.2, -0.15) is 9.61 Å². The van der Waals surface area contributed by atoms with Crippen LogP contribution in [0.4, 0.5) is 11.6 Å². The van der Waals surface area contributed by atoms with Crippen LogP contribution in [0, 0.1) is 0 Å². The minimum Gasteiger partial charge on any atom is -0.396 e. The lowest BCUT2D eigenvalue weighted by Gasteiger charge is -2.36. The molecular weight excluding hydrogens is 402 g/mol. The highest BCUT2D eigenvalue weighted by Gasteiger charge is 2.24. The van der Waals surface area contributed by atoms with Crippen molar-refractivity contribution in [3.05, 3.63) is 47.9 Å². The van der Waals surface area contributed by atoms with E-state index in [0.717, 1.165) is 66.1 Å². The van der Waals surface area contributed by atoms with E-state index in [2.05, 4.69) is 51.5 Å². The second-order valence-electron chi connectivity index (χ2n) is 8.65. The van der Waals surface area contributed by atoms with Crippen LogP contribution in [0.1, 0.15) is 43.7 Å². The maximum Gasteiger partial charge on any atom is 0.162 e. The molecule has 0 saturated carbocycles. The van der Waals surface area contributed by atoms with Gasteiger partial charge in [0.2, 0.25) is 0 Å². The molecule has 0 amide bonds. The SMILES string of the molecule is CCc1cnn2c(NCc3ccc4c(c3)ncn4C)cc(N3CCCC[C@H]3CCO)nc12. The minimum atomic E-state index is 0.206. The normalized spacial score (nSPS) is 16.8. The highest BCUT2D eigenvalue weighted by atomic mass is 16.3. The molecule has 1 aliphatic heterocycles. The topological polar surface area (TPSA) is 83.5 Å². The number of aromatic nitrogens is 5. The van der Waals surface area contributed by atoms with Crippen LogP contribution in [0.3, 0.4) is 0 Å². The fourth-order valence-corrected chi connectivity index (χ4v) is 4.75.